The van der Waals surface area contributed by atoms with E-state index >= 15 is 0 Å². The maximum atomic E-state index is 9.80. The summed E-state index contributed by atoms with van der Waals surface area (Å²) in [6, 6.07) is 49.2. The van der Waals surface area contributed by atoms with Gasteiger partial charge in [0.05, 0.1) is 18.5 Å². The molecule has 0 saturated heterocycles. The third-order valence-electron chi connectivity index (χ3n) is 9.11. The Balaban J connectivity index is 0.000000336. The average molecular weight is 1080 g/mol. The molecule has 0 aromatic heterocycles. The van der Waals surface area contributed by atoms with Crippen molar-refractivity contribution in [3.05, 3.63) is 220 Å². The zero-order valence-corrected chi connectivity index (χ0v) is 38.7. The fourth-order valence-electron chi connectivity index (χ4n) is 6.03. The van der Waals surface area contributed by atoms with E-state index in [1.807, 2.05) is 134 Å². The molecule has 6 nitrogen and oxygen atoms in total. The van der Waals surface area contributed by atoms with E-state index < -0.39 is 6.23 Å². The van der Waals surface area contributed by atoms with Crippen LogP contribution in [0.4, 0.5) is 5.69 Å². The molecule has 340 valence electrons. The van der Waals surface area contributed by atoms with Gasteiger partial charge < -0.3 is 20.0 Å². The first kappa shape index (κ1) is 56.2. The Morgan fingerprint density at radius 3 is 1.85 bits per heavy atom. The van der Waals surface area contributed by atoms with E-state index in [1.165, 1.54) is 6.07 Å². The van der Waals surface area contributed by atoms with Crippen LogP contribution in [0, 0.1) is 5.41 Å². The molecule has 1 aliphatic rings. The van der Waals surface area contributed by atoms with Crippen LogP contribution in [-0.2, 0) is 12.8 Å². The van der Waals surface area contributed by atoms with Crippen LogP contribution in [0.15, 0.2) is 177 Å². The van der Waals surface area contributed by atoms with Gasteiger partial charge in [-0.1, -0.05) is 169 Å². The molecular formula is C53H53Br2Cl4N3O3. The van der Waals surface area contributed by atoms with Crippen molar-refractivity contribution in [1.82, 2.24) is 0 Å². The van der Waals surface area contributed by atoms with Crippen LogP contribution < -0.4 is 9.47 Å². The van der Waals surface area contributed by atoms with E-state index in [1.54, 1.807) is 31.4 Å². The van der Waals surface area contributed by atoms with Gasteiger partial charge in [0, 0.05) is 70.5 Å². The Morgan fingerprint density at radius 2 is 1.23 bits per heavy atom. The zero-order chi connectivity index (χ0) is 43.3. The number of rotatable bonds is 9. The van der Waals surface area contributed by atoms with Crippen LogP contribution in [-0.4, -0.2) is 29.9 Å². The van der Waals surface area contributed by atoms with E-state index in [-0.39, 0.29) is 35.5 Å². The number of benzene rings is 7. The van der Waals surface area contributed by atoms with Crippen LogP contribution >= 0.6 is 78.3 Å². The van der Waals surface area contributed by atoms with E-state index in [0.717, 1.165) is 59.7 Å². The van der Waals surface area contributed by atoms with Crippen molar-refractivity contribution < 1.29 is 14.6 Å². The van der Waals surface area contributed by atoms with Crippen molar-refractivity contribution in [1.29, 1.82) is 5.41 Å². The number of ether oxygens (including phenoxy) is 2. The monoisotopic (exact) mass is 1080 g/mol. The normalized spacial score (nSPS) is 12.0. The molecule has 12 heteroatoms. The number of hydrogen-bond donors (Lipinski definition) is 2. The maximum Gasteiger partial charge on any atom is 0.216 e. The highest BCUT2D eigenvalue weighted by Gasteiger charge is 2.24. The second kappa shape index (κ2) is 27.5. The highest BCUT2D eigenvalue weighted by Crippen LogP contribution is 2.36. The van der Waals surface area contributed by atoms with Gasteiger partial charge in [-0.15, -0.1) is 0 Å². The van der Waals surface area contributed by atoms with E-state index in [2.05, 4.69) is 36.9 Å². The van der Waals surface area contributed by atoms with Gasteiger partial charge in [-0.25, -0.2) is 4.99 Å². The number of halogens is 6. The third-order valence-corrected chi connectivity index (χ3v) is 11.6. The number of nitrogens with zero attached hydrogens (tertiary/aromatic N) is 2. The molecule has 8 rings (SSSR count). The number of phenolic OH excluding ortho intramolecular Hbond substituents is 1. The maximum absolute atomic E-state index is 9.80. The quantitative estimate of drug-likeness (QED) is 0.141. The van der Waals surface area contributed by atoms with Gasteiger partial charge in [-0.05, 0) is 114 Å². The van der Waals surface area contributed by atoms with Gasteiger partial charge in [0.15, 0.2) is 0 Å². The molecule has 2 N–H and O–H groups in total. The van der Waals surface area contributed by atoms with Gasteiger partial charge in [-0.2, -0.15) is 0 Å². The number of aliphatic imine (C=N–C) groups is 2. The smallest absolute Gasteiger partial charge is 0.216 e. The predicted molar refractivity (Wildman–Crippen MR) is 287 cm³/mol. The highest BCUT2D eigenvalue weighted by atomic mass is 79.9. The topological polar surface area (TPSA) is 87.3 Å². The van der Waals surface area contributed by atoms with Crippen LogP contribution in [0.3, 0.4) is 0 Å². The lowest BCUT2D eigenvalue weighted by molar-refractivity contribution is 0.210. The Bertz CT molecular complexity index is 2670. The molecule has 0 spiro atoms. The van der Waals surface area contributed by atoms with E-state index in [9.17, 15) is 5.11 Å². The summed E-state index contributed by atoms with van der Waals surface area (Å²) < 4.78 is 13.1. The number of hydrogen-bond acceptors (Lipinski definition) is 6. The van der Waals surface area contributed by atoms with Gasteiger partial charge in [0.25, 0.3) is 0 Å². The second-order valence-electron chi connectivity index (χ2n) is 13.4. The number of aromatic hydroxyl groups is 1. The lowest BCUT2D eigenvalue weighted by atomic mass is 9.99. The summed E-state index contributed by atoms with van der Waals surface area (Å²) in [7, 11) is 1.66. The first-order valence-corrected chi connectivity index (χ1v) is 21.8. The van der Waals surface area contributed by atoms with Gasteiger partial charge >= 0.3 is 0 Å². The molecule has 1 unspecified atom stereocenters. The first-order chi connectivity index (χ1) is 29.4. The molecule has 7 aromatic carbocycles. The minimum absolute atomic E-state index is 0. The van der Waals surface area contributed by atoms with Crippen molar-refractivity contribution in [2.45, 2.75) is 48.8 Å². The molecule has 1 heterocycles. The van der Waals surface area contributed by atoms with E-state index in [4.69, 9.17) is 66.3 Å². The molecule has 0 fully saturated rings. The molecule has 0 aliphatic carbocycles. The number of fused-ring (bicyclic) bond motifs is 1. The molecule has 65 heavy (non-hydrogen) atoms. The molecule has 0 radical (unpaired) electrons. The number of methoxy groups -OCH3 is 1. The van der Waals surface area contributed by atoms with Crippen LogP contribution in [0.5, 0.6) is 17.2 Å². The molecule has 1 atom stereocenters. The van der Waals surface area contributed by atoms with Crippen molar-refractivity contribution in [2.24, 2.45) is 9.98 Å². The van der Waals surface area contributed by atoms with Crippen LogP contribution in [0.25, 0.3) is 0 Å². The lowest BCUT2D eigenvalue weighted by Crippen LogP contribution is -2.19. The summed E-state index contributed by atoms with van der Waals surface area (Å²) in [5.74, 6) is 1.60. The standard InChI is InChI=1S/C21H14BrCl2NO.C14H10BrCl2NO.C14H13NO.4CH4/c22-18-9-7-15(23)10-14(18)11-19-17-8-6-16(24)12-20(17)26-21(25-19)13-4-2-1-3-5-13;15-12-4-2-9(16)5-8(12)6-13(18)11-3-1-10(17)7-14(11)19;1-16-14-9-7-13(8-10-14)15-11-12-5-3-2-4-6-12;;;;/h1-10,12,21H,11H2;1-5,7,18-19H,6H2;2-11H,1H3;4*1H4. The zero-order valence-electron chi connectivity index (χ0n) is 32.5. The SMILES string of the molecule is C.C.C.C.COc1ccc(N=Cc2ccccc2)cc1.Clc1ccc(Br)c(CC2=NC(c3ccccc3)Oc3cc(Cl)ccc32)c1.N=C(Cc1cc(Cl)ccc1Br)c1ccc(Cl)cc1O. The summed E-state index contributed by atoms with van der Waals surface area (Å²) >= 11 is 31.1. The third kappa shape index (κ3) is 16.5. The van der Waals surface area contributed by atoms with Crippen molar-refractivity contribution in [3.8, 4) is 17.2 Å². The molecule has 1 aliphatic heterocycles. The summed E-state index contributed by atoms with van der Waals surface area (Å²) in [5.41, 5.74) is 7.66. The second-order valence-corrected chi connectivity index (χ2v) is 16.9. The predicted octanol–water partition coefficient (Wildman–Crippen LogP) is 17.9. The number of nitrogens with one attached hydrogen (secondary N) is 1. The Hall–Kier alpha value is -4.93. The van der Waals surface area contributed by atoms with Gasteiger partial charge in [0.2, 0.25) is 6.23 Å². The fourth-order valence-corrected chi connectivity index (χ4v) is 7.52. The minimum atomic E-state index is -0.393. The Morgan fingerprint density at radius 1 is 0.692 bits per heavy atom. The van der Waals surface area contributed by atoms with Crippen molar-refractivity contribution in [3.63, 3.8) is 0 Å². The average Bonchev–Trinajstić information content (AvgIpc) is 3.26. The summed E-state index contributed by atoms with van der Waals surface area (Å²) in [6.07, 6.45) is 2.47. The first-order valence-electron chi connectivity index (χ1n) is 18.7. The molecule has 0 bridgehead atoms. The summed E-state index contributed by atoms with van der Waals surface area (Å²) in [6.45, 7) is 0. The molecule has 0 amide bonds. The summed E-state index contributed by atoms with van der Waals surface area (Å²) in [5, 5.41) is 20.3. The molecule has 0 saturated carbocycles. The van der Waals surface area contributed by atoms with E-state index in [0.29, 0.717) is 44.2 Å². The molecule has 7 aromatic rings. The highest BCUT2D eigenvalue weighted by molar-refractivity contribution is 9.10. The fraction of sp³-hybridized carbons (Fsp3) is 0.151. The van der Waals surface area contributed by atoms with Crippen LogP contribution in [0.1, 0.15) is 69.3 Å². The number of phenols is 1. The van der Waals surface area contributed by atoms with Crippen molar-refractivity contribution in [2.75, 3.05) is 7.11 Å². The largest absolute Gasteiger partial charge is 0.507 e. The summed E-state index contributed by atoms with van der Waals surface area (Å²) in [4.78, 5) is 9.25. The van der Waals surface area contributed by atoms with Crippen LogP contribution in [0.2, 0.25) is 20.1 Å². The lowest BCUT2D eigenvalue weighted by Gasteiger charge is -2.25. The van der Waals surface area contributed by atoms with Gasteiger partial charge in [-0.3, -0.25) is 4.99 Å². The van der Waals surface area contributed by atoms with Gasteiger partial charge in [0.1, 0.15) is 17.2 Å². The minimum Gasteiger partial charge on any atom is -0.507 e. The Kier molecular flexibility index (Phi) is 23.8. The van der Waals surface area contributed by atoms with Crippen molar-refractivity contribution >= 4 is 102 Å². The molecular weight excluding hydrogens is 1030 g/mol. The Labute approximate surface area is 421 Å².